The van der Waals surface area contributed by atoms with Gasteiger partial charge in [0.25, 0.3) is 5.91 Å². The highest BCUT2D eigenvalue weighted by atomic mass is 16.5. The Morgan fingerprint density at radius 3 is 2.67 bits per heavy atom. The molecule has 1 aliphatic heterocycles. The highest BCUT2D eigenvalue weighted by molar-refractivity contribution is 6.05. The van der Waals surface area contributed by atoms with Crippen molar-refractivity contribution < 1.29 is 14.3 Å². The molecule has 5 heteroatoms. The Labute approximate surface area is 141 Å². The van der Waals surface area contributed by atoms with Gasteiger partial charge in [0, 0.05) is 13.1 Å². The zero-order valence-corrected chi connectivity index (χ0v) is 13.4. The quantitative estimate of drug-likeness (QED) is 0.859. The number of nitrogens with one attached hydrogen (secondary N) is 1. The second-order valence-electron chi connectivity index (χ2n) is 5.61. The fourth-order valence-electron chi connectivity index (χ4n) is 2.72. The summed E-state index contributed by atoms with van der Waals surface area (Å²) in [5.41, 5.74) is 2.29. The van der Waals surface area contributed by atoms with E-state index in [1.165, 1.54) is 0 Å². The molecule has 24 heavy (non-hydrogen) atoms. The van der Waals surface area contributed by atoms with Gasteiger partial charge in [0.1, 0.15) is 0 Å². The monoisotopic (exact) mass is 324 g/mol. The third-order valence-electron chi connectivity index (χ3n) is 3.93. The molecule has 0 fully saturated rings. The molecule has 2 amide bonds. The van der Waals surface area contributed by atoms with E-state index in [4.69, 9.17) is 4.74 Å². The molecule has 0 saturated carbocycles. The van der Waals surface area contributed by atoms with E-state index < -0.39 is 0 Å². The number of para-hydroxylation sites is 1. The molecular weight excluding hydrogens is 304 g/mol. The summed E-state index contributed by atoms with van der Waals surface area (Å²) in [6.45, 7) is 1.77. The van der Waals surface area contributed by atoms with Crippen molar-refractivity contribution in [3.63, 3.8) is 0 Å². The van der Waals surface area contributed by atoms with Crippen LogP contribution in [0.15, 0.2) is 54.6 Å². The Kier molecular flexibility index (Phi) is 5.23. The van der Waals surface area contributed by atoms with Crippen LogP contribution in [-0.2, 0) is 16.1 Å². The van der Waals surface area contributed by atoms with Gasteiger partial charge in [0.2, 0.25) is 5.91 Å². The highest BCUT2D eigenvalue weighted by Gasteiger charge is 2.24. The Balaban J connectivity index is 1.58. The molecule has 0 spiro atoms. The number of hydrogen-bond donors (Lipinski definition) is 1. The number of amides is 2. The van der Waals surface area contributed by atoms with Crippen LogP contribution >= 0.6 is 0 Å². The second-order valence-corrected chi connectivity index (χ2v) is 5.61. The van der Waals surface area contributed by atoms with Gasteiger partial charge in [-0.1, -0.05) is 42.5 Å². The van der Waals surface area contributed by atoms with E-state index in [9.17, 15) is 9.59 Å². The Morgan fingerprint density at radius 2 is 1.83 bits per heavy atom. The van der Waals surface area contributed by atoms with Crippen molar-refractivity contribution in [2.45, 2.75) is 13.0 Å². The van der Waals surface area contributed by atoms with E-state index in [1.54, 1.807) is 17.0 Å². The first-order chi connectivity index (χ1) is 11.8. The first-order valence-corrected chi connectivity index (χ1v) is 8.05. The van der Waals surface area contributed by atoms with Crippen molar-refractivity contribution in [3.8, 4) is 0 Å². The molecular formula is C19H20N2O3. The molecule has 0 saturated heterocycles. The summed E-state index contributed by atoms with van der Waals surface area (Å²) < 4.78 is 5.59. The predicted molar refractivity (Wildman–Crippen MR) is 91.8 cm³/mol. The average molecular weight is 324 g/mol. The van der Waals surface area contributed by atoms with Crippen molar-refractivity contribution in [2.75, 3.05) is 24.6 Å². The second kappa shape index (κ2) is 7.75. The number of carbonyl (C=O) groups excluding carboxylic acids is 2. The van der Waals surface area contributed by atoms with Gasteiger partial charge in [0.05, 0.1) is 30.9 Å². The van der Waals surface area contributed by atoms with E-state index in [-0.39, 0.29) is 18.2 Å². The SMILES string of the molecule is O=C1NCCN(C(=O)CCOCc2ccccc2)c2ccccc21. The Bertz CT molecular complexity index is 716. The maximum atomic E-state index is 12.5. The third-order valence-corrected chi connectivity index (χ3v) is 3.93. The first kappa shape index (κ1) is 16.2. The number of fused-ring (bicyclic) bond motifs is 1. The average Bonchev–Trinajstić information content (AvgIpc) is 2.79. The first-order valence-electron chi connectivity index (χ1n) is 8.05. The van der Waals surface area contributed by atoms with Crippen molar-refractivity contribution in [1.82, 2.24) is 5.32 Å². The third kappa shape index (κ3) is 3.81. The molecule has 124 valence electrons. The summed E-state index contributed by atoms with van der Waals surface area (Å²) in [7, 11) is 0. The van der Waals surface area contributed by atoms with Crippen molar-refractivity contribution in [1.29, 1.82) is 0 Å². The minimum absolute atomic E-state index is 0.0352. The molecule has 1 aliphatic rings. The van der Waals surface area contributed by atoms with Gasteiger partial charge >= 0.3 is 0 Å². The molecule has 0 radical (unpaired) electrons. The van der Waals surface area contributed by atoms with Gasteiger partial charge in [0.15, 0.2) is 0 Å². The molecule has 0 unspecified atom stereocenters. The largest absolute Gasteiger partial charge is 0.376 e. The maximum absolute atomic E-state index is 12.5. The van der Waals surface area contributed by atoms with Crippen molar-refractivity contribution >= 4 is 17.5 Å². The van der Waals surface area contributed by atoms with E-state index in [0.29, 0.717) is 37.6 Å². The molecule has 5 nitrogen and oxygen atoms in total. The lowest BCUT2D eigenvalue weighted by molar-refractivity contribution is -0.119. The van der Waals surface area contributed by atoms with E-state index in [2.05, 4.69) is 5.32 Å². The van der Waals surface area contributed by atoms with Crippen molar-refractivity contribution in [2.24, 2.45) is 0 Å². The molecule has 0 aromatic heterocycles. The van der Waals surface area contributed by atoms with Gasteiger partial charge in [-0.2, -0.15) is 0 Å². The fraction of sp³-hybridized carbons (Fsp3) is 0.263. The number of benzene rings is 2. The normalized spacial score (nSPS) is 13.8. The minimum Gasteiger partial charge on any atom is -0.376 e. The summed E-state index contributed by atoms with van der Waals surface area (Å²) >= 11 is 0. The molecule has 2 aromatic carbocycles. The lowest BCUT2D eigenvalue weighted by atomic mass is 10.1. The van der Waals surface area contributed by atoms with Crippen LogP contribution < -0.4 is 10.2 Å². The number of nitrogens with zero attached hydrogens (tertiary/aromatic N) is 1. The van der Waals surface area contributed by atoms with Gasteiger partial charge < -0.3 is 15.0 Å². The van der Waals surface area contributed by atoms with Crippen LogP contribution in [0.2, 0.25) is 0 Å². The summed E-state index contributed by atoms with van der Waals surface area (Å²) in [4.78, 5) is 26.2. The van der Waals surface area contributed by atoms with E-state index >= 15 is 0 Å². The fourth-order valence-corrected chi connectivity index (χ4v) is 2.72. The zero-order valence-electron chi connectivity index (χ0n) is 13.4. The molecule has 0 aliphatic carbocycles. The number of rotatable bonds is 5. The number of carbonyl (C=O) groups is 2. The number of anilines is 1. The standard InChI is InChI=1S/C19H20N2O3/c22-18(10-13-24-14-15-6-2-1-3-7-15)21-12-11-20-19(23)16-8-4-5-9-17(16)21/h1-9H,10-14H2,(H,20,23). The number of ether oxygens (including phenoxy) is 1. The van der Waals surface area contributed by atoms with Gasteiger partial charge in [-0.25, -0.2) is 0 Å². The summed E-state index contributed by atoms with van der Waals surface area (Å²) in [6.07, 6.45) is 0.287. The van der Waals surface area contributed by atoms with Crippen LogP contribution in [0, 0.1) is 0 Å². The van der Waals surface area contributed by atoms with Crippen molar-refractivity contribution in [3.05, 3.63) is 65.7 Å². The van der Waals surface area contributed by atoms with Gasteiger partial charge in [-0.15, -0.1) is 0 Å². The smallest absolute Gasteiger partial charge is 0.253 e. The van der Waals surface area contributed by atoms with E-state index in [0.717, 1.165) is 5.56 Å². The lowest BCUT2D eigenvalue weighted by Crippen LogP contribution is -2.35. The van der Waals surface area contributed by atoms with Crippen LogP contribution in [0.4, 0.5) is 5.69 Å². The maximum Gasteiger partial charge on any atom is 0.253 e. The van der Waals surface area contributed by atoms with Crippen LogP contribution in [0.3, 0.4) is 0 Å². The summed E-state index contributed by atoms with van der Waals surface area (Å²) in [6, 6.07) is 17.0. The van der Waals surface area contributed by atoms with Crippen LogP contribution in [0.1, 0.15) is 22.3 Å². The van der Waals surface area contributed by atoms with Gasteiger partial charge in [-0.05, 0) is 17.7 Å². The molecule has 0 bridgehead atoms. The molecule has 2 aromatic rings. The molecule has 3 rings (SSSR count). The minimum atomic E-state index is -0.138. The highest BCUT2D eigenvalue weighted by Crippen LogP contribution is 2.22. The van der Waals surface area contributed by atoms with E-state index in [1.807, 2.05) is 42.5 Å². The van der Waals surface area contributed by atoms with Crippen LogP contribution in [0.25, 0.3) is 0 Å². The summed E-state index contributed by atoms with van der Waals surface area (Å²) in [5.74, 6) is -0.173. The lowest BCUT2D eigenvalue weighted by Gasteiger charge is -2.22. The number of hydrogen-bond acceptors (Lipinski definition) is 3. The molecule has 1 heterocycles. The van der Waals surface area contributed by atoms with Crippen LogP contribution in [0.5, 0.6) is 0 Å². The predicted octanol–water partition coefficient (Wildman–Crippen LogP) is 2.37. The molecule has 1 N–H and O–H groups in total. The zero-order chi connectivity index (χ0) is 16.8. The van der Waals surface area contributed by atoms with Crippen LogP contribution in [-0.4, -0.2) is 31.5 Å². The topological polar surface area (TPSA) is 58.6 Å². The molecule has 0 atom stereocenters. The summed E-state index contributed by atoms with van der Waals surface area (Å²) in [5, 5.41) is 2.81. The Hall–Kier alpha value is -2.66. The Morgan fingerprint density at radius 1 is 1.08 bits per heavy atom. The van der Waals surface area contributed by atoms with Gasteiger partial charge in [-0.3, -0.25) is 9.59 Å².